The number of hydrogen-bond donors (Lipinski definition) is 2. The van der Waals surface area contributed by atoms with E-state index < -0.39 is 0 Å². The first kappa shape index (κ1) is 11.2. The second-order valence-electron chi connectivity index (χ2n) is 4.29. The van der Waals surface area contributed by atoms with Crippen molar-refractivity contribution < 1.29 is 4.79 Å². The number of nitrogens with zero attached hydrogens (tertiary/aromatic N) is 2. The Bertz CT molecular complexity index is 231. The molecule has 0 radical (unpaired) electrons. The molecule has 0 saturated carbocycles. The maximum Gasteiger partial charge on any atom is 0.223 e. The Hall–Kier alpha value is -0.260. The minimum absolute atomic E-state index is 0.250. The van der Waals surface area contributed by atoms with E-state index in [9.17, 15) is 4.79 Å². The normalized spacial score (nSPS) is 28.7. The number of likely N-dealkylation sites (tertiary alicyclic amines) is 1. The summed E-state index contributed by atoms with van der Waals surface area (Å²) in [5, 5.41) is 3.57. The van der Waals surface area contributed by atoms with Gasteiger partial charge in [-0.05, 0) is 0 Å². The SMILES string of the molecule is O=C1CC(S)CN1CCN1CCNCC1. The summed E-state index contributed by atoms with van der Waals surface area (Å²) in [6.07, 6.45) is 0.616. The van der Waals surface area contributed by atoms with E-state index in [1.54, 1.807) is 0 Å². The Morgan fingerprint density at radius 1 is 1.33 bits per heavy atom. The summed E-state index contributed by atoms with van der Waals surface area (Å²) in [5.74, 6) is 0.269. The predicted octanol–water partition coefficient (Wildman–Crippen LogP) is -0.578. The molecule has 1 N–H and O–H groups in total. The van der Waals surface area contributed by atoms with Crippen molar-refractivity contribution in [1.82, 2.24) is 15.1 Å². The van der Waals surface area contributed by atoms with E-state index in [1.165, 1.54) is 0 Å². The van der Waals surface area contributed by atoms with Gasteiger partial charge in [0.05, 0.1) is 0 Å². The highest BCUT2D eigenvalue weighted by molar-refractivity contribution is 7.81. The molecular formula is C10H19N3OS. The van der Waals surface area contributed by atoms with Gasteiger partial charge >= 0.3 is 0 Å². The van der Waals surface area contributed by atoms with Crippen LogP contribution in [0.25, 0.3) is 0 Å². The van der Waals surface area contributed by atoms with Gasteiger partial charge < -0.3 is 10.2 Å². The quantitative estimate of drug-likeness (QED) is 0.636. The molecule has 5 heteroatoms. The van der Waals surface area contributed by atoms with Crippen molar-refractivity contribution in [1.29, 1.82) is 0 Å². The monoisotopic (exact) mass is 229 g/mol. The van der Waals surface area contributed by atoms with E-state index in [0.29, 0.717) is 6.42 Å². The smallest absolute Gasteiger partial charge is 0.223 e. The first-order valence-corrected chi connectivity index (χ1v) is 6.16. The van der Waals surface area contributed by atoms with E-state index >= 15 is 0 Å². The zero-order valence-corrected chi connectivity index (χ0v) is 9.88. The zero-order valence-electron chi connectivity index (χ0n) is 8.98. The number of thiol groups is 1. The minimum atomic E-state index is 0.250. The van der Waals surface area contributed by atoms with E-state index in [4.69, 9.17) is 0 Å². The first-order valence-electron chi connectivity index (χ1n) is 5.64. The Morgan fingerprint density at radius 2 is 2.07 bits per heavy atom. The van der Waals surface area contributed by atoms with Gasteiger partial charge in [-0.25, -0.2) is 0 Å². The van der Waals surface area contributed by atoms with Gasteiger partial charge in [-0.3, -0.25) is 9.69 Å². The molecule has 0 aromatic carbocycles. The number of nitrogens with one attached hydrogen (secondary N) is 1. The van der Waals surface area contributed by atoms with Crippen molar-refractivity contribution >= 4 is 18.5 Å². The maximum absolute atomic E-state index is 11.5. The molecule has 2 saturated heterocycles. The molecule has 15 heavy (non-hydrogen) atoms. The van der Waals surface area contributed by atoms with Crippen LogP contribution >= 0.6 is 12.6 Å². The first-order chi connectivity index (χ1) is 7.25. The van der Waals surface area contributed by atoms with Gasteiger partial charge in [0.2, 0.25) is 5.91 Å². The zero-order chi connectivity index (χ0) is 10.7. The van der Waals surface area contributed by atoms with Crippen LogP contribution in [0.15, 0.2) is 0 Å². The summed E-state index contributed by atoms with van der Waals surface area (Å²) < 4.78 is 0. The second kappa shape index (κ2) is 5.18. The lowest BCUT2D eigenvalue weighted by molar-refractivity contribution is -0.127. The van der Waals surface area contributed by atoms with Crippen molar-refractivity contribution in [3.05, 3.63) is 0 Å². The fourth-order valence-electron chi connectivity index (χ4n) is 2.16. The fourth-order valence-corrected chi connectivity index (χ4v) is 2.52. The molecule has 1 unspecified atom stereocenters. The summed E-state index contributed by atoms with van der Waals surface area (Å²) in [6.45, 7) is 7.06. The third kappa shape index (κ3) is 3.09. The summed E-state index contributed by atoms with van der Waals surface area (Å²) in [5.41, 5.74) is 0. The van der Waals surface area contributed by atoms with Crippen LogP contribution in [0.3, 0.4) is 0 Å². The predicted molar refractivity (Wildman–Crippen MR) is 63.3 cm³/mol. The lowest BCUT2D eigenvalue weighted by atomic mass is 10.3. The minimum Gasteiger partial charge on any atom is -0.340 e. The molecule has 0 aromatic rings. The van der Waals surface area contributed by atoms with Gasteiger partial charge in [-0.15, -0.1) is 0 Å². The molecule has 2 aliphatic rings. The topological polar surface area (TPSA) is 35.6 Å². The van der Waals surface area contributed by atoms with E-state index in [-0.39, 0.29) is 11.2 Å². The van der Waals surface area contributed by atoms with Crippen LogP contribution in [0.1, 0.15) is 6.42 Å². The van der Waals surface area contributed by atoms with Crippen molar-refractivity contribution in [2.75, 3.05) is 45.8 Å². The van der Waals surface area contributed by atoms with Gasteiger partial charge in [-0.2, -0.15) is 12.6 Å². The molecule has 2 aliphatic heterocycles. The van der Waals surface area contributed by atoms with Crippen LogP contribution in [-0.4, -0.2) is 66.8 Å². The molecule has 0 spiro atoms. The Morgan fingerprint density at radius 3 is 2.67 bits per heavy atom. The molecule has 1 atom stereocenters. The summed E-state index contributed by atoms with van der Waals surface area (Å²) >= 11 is 4.34. The van der Waals surface area contributed by atoms with Crippen LogP contribution in [-0.2, 0) is 4.79 Å². The highest BCUT2D eigenvalue weighted by Gasteiger charge is 2.27. The highest BCUT2D eigenvalue weighted by Crippen LogP contribution is 2.15. The van der Waals surface area contributed by atoms with Gasteiger partial charge in [-0.1, -0.05) is 0 Å². The molecular weight excluding hydrogens is 210 g/mol. The summed E-state index contributed by atoms with van der Waals surface area (Å²) in [4.78, 5) is 15.9. The molecule has 0 aromatic heterocycles. The van der Waals surface area contributed by atoms with Gasteiger partial charge in [0.25, 0.3) is 0 Å². The molecule has 2 rings (SSSR count). The molecule has 2 fully saturated rings. The van der Waals surface area contributed by atoms with Gasteiger partial charge in [0.15, 0.2) is 0 Å². The van der Waals surface area contributed by atoms with Crippen LogP contribution in [0.2, 0.25) is 0 Å². The molecule has 0 aliphatic carbocycles. The van der Waals surface area contributed by atoms with Crippen LogP contribution in [0.4, 0.5) is 0 Å². The van der Waals surface area contributed by atoms with Crippen molar-refractivity contribution in [3.8, 4) is 0 Å². The maximum atomic E-state index is 11.5. The molecule has 86 valence electrons. The second-order valence-corrected chi connectivity index (χ2v) is 5.02. The Balaban J connectivity index is 1.70. The number of rotatable bonds is 3. The van der Waals surface area contributed by atoms with Crippen LogP contribution in [0, 0.1) is 0 Å². The summed E-state index contributed by atoms with van der Waals surface area (Å²) in [7, 11) is 0. The van der Waals surface area contributed by atoms with Crippen LogP contribution < -0.4 is 5.32 Å². The molecule has 1 amide bonds. The highest BCUT2D eigenvalue weighted by atomic mass is 32.1. The van der Waals surface area contributed by atoms with Crippen molar-refractivity contribution in [3.63, 3.8) is 0 Å². The standard InChI is InChI=1S/C10H19N3OS/c14-10-7-9(15)8-13(10)6-5-12-3-1-11-2-4-12/h9,11,15H,1-8H2. The van der Waals surface area contributed by atoms with Crippen LogP contribution in [0.5, 0.6) is 0 Å². The van der Waals surface area contributed by atoms with E-state index in [2.05, 4.69) is 22.8 Å². The summed E-state index contributed by atoms with van der Waals surface area (Å²) in [6, 6.07) is 0. The fraction of sp³-hybridized carbons (Fsp3) is 0.900. The number of piperazine rings is 1. The van der Waals surface area contributed by atoms with Gasteiger partial charge in [0.1, 0.15) is 0 Å². The van der Waals surface area contributed by atoms with E-state index in [0.717, 1.165) is 45.8 Å². The van der Waals surface area contributed by atoms with Crippen molar-refractivity contribution in [2.45, 2.75) is 11.7 Å². The third-order valence-corrected chi connectivity index (χ3v) is 3.44. The third-order valence-electron chi connectivity index (χ3n) is 3.09. The largest absolute Gasteiger partial charge is 0.340 e. The number of carbonyl (C=O) groups is 1. The van der Waals surface area contributed by atoms with Crippen molar-refractivity contribution in [2.24, 2.45) is 0 Å². The Labute approximate surface area is 96.4 Å². The average Bonchev–Trinajstić information content (AvgIpc) is 2.56. The van der Waals surface area contributed by atoms with E-state index in [1.807, 2.05) is 4.90 Å². The Kier molecular flexibility index (Phi) is 3.88. The number of hydrogen-bond acceptors (Lipinski definition) is 4. The molecule has 2 heterocycles. The number of carbonyl (C=O) groups excluding carboxylic acids is 1. The average molecular weight is 229 g/mol. The lowest BCUT2D eigenvalue weighted by Gasteiger charge is -2.29. The molecule has 0 bridgehead atoms. The molecule has 4 nitrogen and oxygen atoms in total. The number of amides is 1. The lowest BCUT2D eigenvalue weighted by Crippen LogP contribution is -2.46. The van der Waals surface area contributed by atoms with Gasteiger partial charge in [0, 0.05) is 57.5 Å².